The zero-order chi connectivity index (χ0) is 22.3. The monoisotopic (exact) mass is 429 g/mol. The molecule has 0 spiro atoms. The molecule has 0 bridgehead atoms. The first-order valence-electron chi connectivity index (χ1n) is 10.9. The molecule has 4 aromatic rings. The lowest BCUT2D eigenvalue weighted by Crippen LogP contribution is -2.31. The molecule has 0 atom stereocenters. The lowest BCUT2D eigenvalue weighted by molar-refractivity contribution is -0.120. The number of benzene rings is 1. The molecule has 3 aromatic heterocycles. The summed E-state index contributed by atoms with van der Waals surface area (Å²) in [6.45, 7) is 4.56. The van der Waals surface area contributed by atoms with Crippen molar-refractivity contribution in [3.05, 3.63) is 60.0 Å². The highest BCUT2D eigenvalue weighted by Crippen LogP contribution is 2.38. The molecule has 1 amide bonds. The predicted molar refractivity (Wildman–Crippen MR) is 125 cm³/mol. The Labute approximate surface area is 186 Å². The molecule has 32 heavy (non-hydrogen) atoms. The molecule has 0 fully saturated rings. The number of aromatic amines is 2. The first-order valence-corrected chi connectivity index (χ1v) is 10.9. The zero-order valence-corrected chi connectivity index (χ0v) is 18.6. The van der Waals surface area contributed by atoms with E-state index in [1.54, 1.807) is 36.5 Å². The first-order chi connectivity index (χ1) is 15.4. The molecule has 164 valence electrons. The van der Waals surface area contributed by atoms with Crippen molar-refractivity contribution in [1.82, 2.24) is 20.2 Å². The van der Waals surface area contributed by atoms with Gasteiger partial charge in [0.05, 0.1) is 11.9 Å². The van der Waals surface area contributed by atoms with Crippen LogP contribution >= 0.6 is 0 Å². The van der Waals surface area contributed by atoms with E-state index < -0.39 is 0 Å². The van der Waals surface area contributed by atoms with Crippen molar-refractivity contribution in [3.63, 3.8) is 0 Å². The summed E-state index contributed by atoms with van der Waals surface area (Å²) in [6.07, 6.45) is 6.47. The summed E-state index contributed by atoms with van der Waals surface area (Å²) in [7, 11) is 1.76. The molecule has 1 aliphatic carbocycles. The van der Waals surface area contributed by atoms with Crippen molar-refractivity contribution in [2.45, 2.75) is 33.1 Å². The van der Waals surface area contributed by atoms with Gasteiger partial charge in [-0.25, -0.2) is 0 Å². The van der Waals surface area contributed by atoms with Gasteiger partial charge in [-0.2, -0.15) is 5.10 Å². The number of anilines is 1. The Balaban J connectivity index is 1.35. The number of carbonyl (C=O) groups excluding carboxylic acids is 1. The van der Waals surface area contributed by atoms with E-state index in [-0.39, 0.29) is 12.5 Å². The van der Waals surface area contributed by atoms with Crippen LogP contribution in [0.3, 0.4) is 0 Å². The maximum Gasteiger partial charge on any atom is 0.264 e. The summed E-state index contributed by atoms with van der Waals surface area (Å²) in [5.74, 6) is 0.438. The highest BCUT2D eigenvalue weighted by atomic mass is 16.5. The lowest BCUT2D eigenvalue weighted by atomic mass is 9.76. The van der Waals surface area contributed by atoms with Gasteiger partial charge in [0.25, 0.3) is 5.91 Å². The number of carbonyl (C=O) groups is 1. The van der Waals surface area contributed by atoms with Gasteiger partial charge in [-0.1, -0.05) is 19.9 Å². The standard InChI is InChI=1S/C25H27N5O2/c1-25(2)9-8-19-22(13-25)28-29-24(19)21-11-16-6-7-17(12-20(16)27-21)30(3)23(31)15-32-18-5-4-10-26-14-18/h4-7,10-12,14,27H,8-9,13,15H2,1-3H3,(H,28,29). The minimum atomic E-state index is -0.135. The second-order valence-corrected chi connectivity index (χ2v) is 9.26. The van der Waals surface area contributed by atoms with E-state index in [4.69, 9.17) is 4.74 Å². The summed E-state index contributed by atoms with van der Waals surface area (Å²) in [4.78, 5) is 21.7. The minimum Gasteiger partial charge on any atom is -0.482 e. The van der Waals surface area contributed by atoms with Crippen LogP contribution in [0.15, 0.2) is 48.8 Å². The van der Waals surface area contributed by atoms with Gasteiger partial charge in [-0.05, 0) is 55.0 Å². The Morgan fingerprint density at radius 3 is 2.94 bits per heavy atom. The van der Waals surface area contributed by atoms with Gasteiger partial charge in [-0.15, -0.1) is 0 Å². The number of H-pyrrole nitrogens is 2. The summed E-state index contributed by atoms with van der Waals surface area (Å²) >= 11 is 0. The molecule has 7 nitrogen and oxygen atoms in total. The third-order valence-electron chi connectivity index (χ3n) is 6.28. The Morgan fingerprint density at radius 1 is 1.25 bits per heavy atom. The van der Waals surface area contributed by atoms with Crippen molar-refractivity contribution in [1.29, 1.82) is 0 Å². The Kier molecular flexibility index (Phi) is 4.96. The van der Waals surface area contributed by atoms with Crippen molar-refractivity contribution in [2.24, 2.45) is 5.41 Å². The SMILES string of the molecule is CN(C(=O)COc1cccnc1)c1ccc2cc(-c3n[nH]c4c3CCC(C)(C)C4)[nH]c2c1. The molecule has 1 aliphatic rings. The molecule has 0 aliphatic heterocycles. The van der Waals surface area contributed by atoms with E-state index in [2.05, 4.69) is 40.1 Å². The lowest BCUT2D eigenvalue weighted by Gasteiger charge is -2.28. The van der Waals surface area contributed by atoms with Crippen LogP contribution in [-0.4, -0.2) is 39.7 Å². The normalized spacial score (nSPS) is 14.8. The van der Waals surface area contributed by atoms with Crippen LogP contribution in [0.25, 0.3) is 22.3 Å². The average molecular weight is 430 g/mol. The fourth-order valence-corrected chi connectivity index (χ4v) is 4.34. The predicted octanol–water partition coefficient (Wildman–Crippen LogP) is 4.51. The van der Waals surface area contributed by atoms with Gasteiger partial charge < -0.3 is 14.6 Å². The molecular formula is C25H27N5O2. The van der Waals surface area contributed by atoms with Crippen LogP contribution < -0.4 is 9.64 Å². The van der Waals surface area contributed by atoms with E-state index in [0.717, 1.165) is 47.2 Å². The summed E-state index contributed by atoms with van der Waals surface area (Å²) < 4.78 is 5.55. The third kappa shape index (κ3) is 3.86. The number of nitrogens with zero attached hydrogens (tertiary/aromatic N) is 3. The highest BCUT2D eigenvalue weighted by molar-refractivity contribution is 5.97. The van der Waals surface area contributed by atoms with Crippen molar-refractivity contribution < 1.29 is 9.53 Å². The second kappa shape index (κ2) is 7.82. The smallest absolute Gasteiger partial charge is 0.264 e. The number of rotatable bonds is 5. The Hall–Kier alpha value is -3.61. The maximum atomic E-state index is 12.6. The number of likely N-dealkylation sites (N-methyl/N-ethyl adjacent to an activating group) is 1. The van der Waals surface area contributed by atoms with Crippen LogP contribution in [-0.2, 0) is 17.6 Å². The number of fused-ring (bicyclic) bond motifs is 2. The molecule has 0 saturated carbocycles. The summed E-state index contributed by atoms with van der Waals surface area (Å²) in [5, 5.41) is 8.97. The van der Waals surface area contributed by atoms with Crippen molar-refractivity contribution in [2.75, 3.05) is 18.6 Å². The number of hydrogen-bond donors (Lipinski definition) is 2. The van der Waals surface area contributed by atoms with Crippen molar-refractivity contribution in [3.8, 4) is 17.1 Å². The minimum absolute atomic E-state index is 0.0496. The van der Waals surface area contributed by atoms with Crippen LogP contribution in [0, 0.1) is 5.41 Å². The summed E-state index contributed by atoms with van der Waals surface area (Å²) in [5.41, 5.74) is 6.65. The van der Waals surface area contributed by atoms with Gasteiger partial charge in [0.2, 0.25) is 0 Å². The van der Waals surface area contributed by atoms with E-state index in [0.29, 0.717) is 11.2 Å². The van der Waals surface area contributed by atoms with Crippen LogP contribution in [0.1, 0.15) is 31.5 Å². The number of amides is 1. The highest BCUT2D eigenvalue weighted by Gasteiger charge is 2.29. The quantitative estimate of drug-likeness (QED) is 0.489. The zero-order valence-electron chi connectivity index (χ0n) is 18.6. The molecule has 2 N–H and O–H groups in total. The fraction of sp³-hybridized carbons (Fsp3) is 0.320. The molecular weight excluding hydrogens is 402 g/mol. The fourth-order valence-electron chi connectivity index (χ4n) is 4.34. The van der Waals surface area contributed by atoms with E-state index in [1.807, 2.05) is 18.2 Å². The largest absolute Gasteiger partial charge is 0.482 e. The third-order valence-corrected chi connectivity index (χ3v) is 6.28. The number of aromatic nitrogens is 4. The van der Waals surface area contributed by atoms with E-state index in [1.165, 1.54) is 11.3 Å². The van der Waals surface area contributed by atoms with E-state index in [9.17, 15) is 4.79 Å². The van der Waals surface area contributed by atoms with Crippen LogP contribution in [0.2, 0.25) is 0 Å². The molecule has 0 radical (unpaired) electrons. The average Bonchev–Trinajstić information content (AvgIpc) is 3.39. The first kappa shape index (κ1) is 20.3. The second-order valence-electron chi connectivity index (χ2n) is 9.26. The molecule has 0 saturated heterocycles. The Morgan fingerprint density at radius 2 is 2.12 bits per heavy atom. The Bertz CT molecular complexity index is 1270. The number of ether oxygens (including phenoxy) is 1. The molecule has 5 rings (SSSR count). The van der Waals surface area contributed by atoms with Crippen LogP contribution in [0.4, 0.5) is 5.69 Å². The summed E-state index contributed by atoms with van der Waals surface area (Å²) in [6, 6.07) is 11.6. The molecule has 7 heteroatoms. The van der Waals surface area contributed by atoms with Gasteiger partial charge in [0, 0.05) is 41.1 Å². The van der Waals surface area contributed by atoms with Gasteiger partial charge >= 0.3 is 0 Å². The topological polar surface area (TPSA) is 86.9 Å². The van der Waals surface area contributed by atoms with Crippen molar-refractivity contribution >= 4 is 22.5 Å². The number of pyridine rings is 1. The molecule has 1 aromatic carbocycles. The number of hydrogen-bond acceptors (Lipinski definition) is 4. The van der Waals surface area contributed by atoms with Crippen LogP contribution in [0.5, 0.6) is 5.75 Å². The van der Waals surface area contributed by atoms with Gasteiger partial charge in [0.1, 0.15) is 11.4 Å². The van der Waals surface area contributed by atoms with Gasteiger partial charge in [-0.3, -0.25) is 14.9 Å². The van der Waals surface area contributed by atoms with E-state index >= 15 is 0 Å². The number of nitrogens with one attached hydrogen (secondary N) is 2. The van der Waals surface area contributed by atoms with Gasteiger partial charge in [0.15, 0.2) is 6.61 Å². The molecule has 3 heterocycles. The maximum absolute atomic E-state index is 12.6. The molecule has 0 unspecified atom stereocenters.